The molecule has 1 amide bonds. The van der Waals surface area contributed by atoms with Gasteiger partial charge in [0.15, 0.2) is 0 Å². The second-order valence-electron chi connectivity index (χ2n) is 7.52. The first kappa shape index (κ1) is 21.7. The quantitative estimate of drug-likeness (QED) is 0.626. The third kappa shape index (κ3) is 4.44. The lowest BCUT2D eigenvalue weighted by atomic mass is 10.0. The number of carbonyl (C=O) groups excluding carboxylic acids is 1. The van der Waals surface area contributed by atoms with Crippen LogP contribution >= 0.6 is 0 Å². The molecule has 3 aromatic rings. The Morgan fingerprint density at radius 3 is 2.40 bits per heavy atom. The van der Waals surface area contributed by atoms with Crippen LogP contribution in [0.5, 0.6) is 0 Å². The first-order valence-corrected chi connectivity index (χ1v) is 11.3. The third-order valence-corrected chi connectivity index (χ3v) is 5.88. The minimum Gasteiger partial charge on any atom is -0.322 e. The van der Waals surface area contributed by atoms with Gasteiger partial charge in [-0.1, -0.05) is 44.5 Å². The van der Waals surface area contributed by atoms with Crippen molar-refractivity contribution in [3.05, 3.63) is 71.0 Å². The van der Waals surface area contributed by atoms with Gasteiger partial charge < -0.3 is 5.32 Å². The zero-order valence-corrected chi connectivity index (χ0v) is 18.3. The average Bonchev–Trinajstić information content (AvgIpc) is 3.13. The first-order chi connectivity index (χ1) is 14.1. The van der Waals surface area contributed by atoms with Crippen LogP contribution in [-0.4, -0.2) is 24.1 Å². The molecule has 8 heteroatoms. The van der Waals surface area contributed by atoms with Crippen molar-refractivity contribution in [1.29, 1.82) is 0 Å². The van der Waals surface area contributed by atoms with E-state index in [0.717, 1.165) is 16.9 Å². The third-order valence-electron chi connectivity index (χ3n) is 4.89. The molecule has 0 spiro atoms. The largest absolute Gasteiger partial charge is 0.322 e. The number of anilines is 1. The molecule has 2 aromatic carbocycles. The Bertz CT molecular complexity index is 1180. The molecule has 0 unspecified atom stereocenters. The summed E-state index contributed by atoms with van der Waals surface area (Å²) in [6.45, 7) is 7.84. The molecule has 3 N–H and O–H groups in total. The molecular formula is C22H26N4O3S. The number of carbonyl (C=O) groups is 1. The summed E-state index contributed by atoms with van der Waals surface area (Å²) in [4.78, 5) is 13.0. The standard InChI is InChI=1S/C22H26N4O3S/c1-5-16-8-9-17(12-20(16)30(23,28)29)25-22(27)19-13-24-26(21(19)14(2)3)18-10-6-15(4)7-11-18/h6-14H,5H2,1-4H3,(H,25,27)(H2,23,28,29). The molecule has 1 heterocycles. The molecule has 158 valence electrons. The van der Waals surface area contributed by atoms with Crippen LogP contribution in [0.25, 0.3) is 5.69 Å². The highest BCUT2D eigenvalue weighted by Gasteiger charge is 2.22. The molecule has 7 nitrogen and oxygen atoms in total. The van der Waals surface area contributed by atoms with E-state index in [2.05, 4.69) is 10.4 Å². The van der Waals surface area contributed by atoms with Crippen LogP contribution < -0.4 is 10.5 Å². The van der Waals surface area contributed by atoms with Gasteiger partial charge in [0.2, 0.25) is 10.0 Å². The van der Waals surface area contributed by atoms with Gasteiger partial charge in [0.25, 0.3) is 5.91 Å². The minimum absolute atomic E-state index is 0.0160. The molecule has 0 aliphatic heterocycles. The maximum atomic E-state index is 13.0. The maximum Gasteiger partial charge on any atom is 0.259 e. The fraction of sp³-hybridized carbons (Fsp3) is 0.273. The highest BCUT2D eigenvalue weighted by Crippen LogP contribution is 2.25. The van der Waals surface area contributed by atoms with E-state index in [1.54, 1.807) is 16.8 Å². The summed E-state index contributed by atoms with van der Waals surface area (Å²) < 4.78 is 25.6. The SMILES string of the molecule is CCc1ccc(NC(=O)c2cnn(-c3ccc(C)cc3)c2C(C)C)cc1S(N)(=O)=O. The van der Waals surface area contributed by atoms with E-state index in [4.69, 9.17) is 5.14 Å². The van der Waals surface area contributed by atoms with Crippen LogP contribution in [0, 0.1) is 6.92 Å². The van der Waals surface area contributed by atoms with Gasteiger partial charge >= 0.3 is 0 Å². The van der Waals surface area contributed by atoms with Crippen molar-refractivity contribution in [2.75, 3.05) is 5.32 Å². The van der Waals surface area contributed by atoms with Crippen LogP contribution in [0.1, 0.15) is 53.9 Å². The van der Waals surface area contributed by atoms with Gasteiger partial charge in [0, 0.05) is 5.69 Å². The number of nitrogens with one attached hydrogen (secondary N) is 1. The lowest BCUT2D eigenvalue weighted by molar-refractivity contribution is 0.102. The minimum atomic E-state index is -3.89. The van der Waals surface area contributed by atoms with Crippen LogP contribution in [0.3, 0.4) is 0 Å². The highest BCUT2D eigenvalue weighted by molar-refractivity contribution is 7.89. The number of rotatable bonds is 6. The fourth-order valence-corrected chi connectivity index (χ4v) is 4.24. The van der Waals surface area contributed by atoms with Crippen LogP contribution in [0.2, 0.25) is 0 Å². The van der Waals surface area contributed by atoms with Crippen LogP contribution in [0.15, 0.2) is 53.6 Å². The lowest BCUT2D eigenvalue weighted by Crippen LogP contribution is -2.17. The average molecular weight is 427 g/mol. The Balaban J connectivity index is 1.97. The zero-order valence-electron chi connectivity index (χ0n) is 17.5. The Labute approximate surface area is 177 Å². The van der Waals surface area contributed by atoms with E-state index in [0.29, 0.717) is 23.2 Å². The first-order valence-electron chi connectivity index (χ1n) is 9.73. The topological polar surface area (TPSA) is 107 Å². The Hall–Kier alpha value is -2.97. The smallest absolute Gasteiger partial charge is 0.259 e. The number of amides is 1. The zero-order chi connectivity index (χ0) is 22.1. The van der Waals surface area contributed by atoms with E-state index in [-0.39, 0.29) is 16.7 Å². The highest BCUT2D eigenvalue weighted by atomic mass is 32.2. The van der Waals surface area contributed by atoms with Gasteiger partial charge in [-0.2, -0.15) is 5.10 Å². The summed E-state index contributed by atoms with van der Waals surface area (Å²) in [5.41, 5.74) is 4.17. The van der Waals surface area contributed by atoms with E-state index in [1.807, 2.05) is 52.0 Å². The molecule has 0 saturated heterocycles. The summed E-state index contributed by atoms with van der Waals surface area (Å²) >= 11 is 0. The van der Waals surface area contributed by atoms with Gasteiger partial charge in [-0.3, -0.25) is 4.79 Å². The van der Waals surface area contributed by atoms with E-state index < -0.39 is 10.0 Å². The van der Waals surface area contributed by atoms with Gasteiger partial charge in [-0.05, 0) is 49.1 Å². The summed E-state index contributed by atoms with van der Waals surface area (Å²) in [6.07, 6.45) is 2.05. The van der Waals surface area contributed by atoms with Crippen molar-refractivity contribution >= 4 is 21.6 Å². The van der Waals surface area contributed by atoms with Crippen molar-refractivity contribution in [3.8, 4) is 5.69 Å². The van der Waals surface area contributed by atoms with Gasteiger partial charge in [0.05, 0.1) is 28.0 Å². The molecule has 0 fully saturated rings. The number of nitrogens with zero attached hydrogens (tertiary/aromatic N) is 2. The summed E-state index contributed by atoms with van der Waals surface area (Å²) in [5.74, 6) is -0.321. The molecule has 30 heavy (non-hydrogen) atoms. The Kier molecular flexibility index (Phi) is 6.09. The van der Waals surface area contributed by atoms with Gasteiger partial charge in [-0.25, -0.2) is 18.2 Å². The van der Waals surface area contributed by atoms with Crippen LogP contribution in [0.4, 0.5) is 5.69 Å². The number of sulfonamides is 1. The number of aromatic nitrogens is 2. The van der Waals surface area contributed by atoms with Gasteiger partial charge in [-0.15, -0.1) is 0 Å². The molecule has 0 aliphatic carbocycles. The summed E-state index contributed by atoms with van der Waals surface area (Å²) in [6, 6.07) is 12.6. The van der Waals surface area contributed by atoms with E-state index in [1.165, 1.54) is 12.3 Å². The lowest BCUT2D eigenvalue weighted by Gasteiger charge is -2.14. The molecule has 0 bridgehead atoms. The Morgan fingerprint density at radius 1 is 1.17 bits per heavy atom. The molecule has 0 atom stereocenters. The second kappa shape index (κ2) is 8.41. The van der Waals surface area contributed by atoms with E-state index in [9.17, 15) is 13.2 Å². The number of hydrogen-bond donors (Lipinski definition) is 2. The number of aryl methyl sites for hydroxylation is 2. The van der Waals surface area contributed by atoms with Gasteiger partial charge in [0.1, 0.15) is 0 Å². The number of benzene rings is 2. The van der Waals surface area contributed by atoms with Crippen molar-refractivity contribution < 1.29 is 13.2 Å². The number of primary sulfonamides is 1. The summed E-state index contributed by atoms with van der Waals surface area (Å²) in [5, 5.41) is 12.5. The molecule has 0 saturated carbocycles. The predicted molar refractivity (Wildman–Crippen MR) is 118 cm³/mol. The fourth-order valence-electron chi connectivity index (χ4n) is 3.37. The van der Waals surface area contributed by atoms with Crippen LogP contribution in [-0.2, 0) is 16.4 Å². The predicted octanol–water partition coefficient (Wildman–Crippen LogP) is 3.77. The maximum absolute atomic E-state index is 13.0. The molecule has 1 aromatic heterocycles. The Morgan fingerprint density at radius 2 is 1.83 bits per heavy atom. The molecule has 0 radical (unpaired) electrons. The summed E-state index contributed by atoms with van der Waals surface area (Å²) in [7, 11) is -3.89. The molecule has 3 rings (SSSR count). The normalized spacial score (nSPS) is 11.7. The van der Waals surface area contributed by atoms with Crippen molar-refractivity contribution in [2.24, 2.45) is 5.14 Å². The number of hydrogen-bond acceptors (Lipinski definition) is 4. The second-order valence-corrected chi connectivity index (χ2v) is 9.05. The monoisotopic (exact) mass is 426 g/mol. The number of nitrogens with two attached hydrogens (primary N) is 1. The van der Waals surface area contributed by atoms with Crippen molar-refractivity contribution in [3.63, 3.8) is 0 Å². The molecular weight excluding hydrogens is 400 g/mol. The van der Waals surface area contributed by atoms with E-state index >= 15 is 0 Å². The van der Waals surface area contributed by atoms with Crippen molar-refractivity contribution in [1.82, 2.24) is 9.78 Å². The molecule has 0 aliphatic rings. The van der Waals surface area contributed by atoms with Crippen molar-refractivity contribution in [2.45, 2.75) is 44.9 Å².